The van der Waals surface area contributed by atoms with Crippen LogP contribution in [0.4, 0.5) is 0 Å². The number of esters is 1. The van der Waals surface area contributed by atoms with Crippen molar-refractivity contribution in [3.8, 4) is 0 Å². The highest BCUT2D eigenvalue weighted by Gasteiger charge is 2.54. The summed E-state index contributed by atoms with van der Waals surface area (Å²) >= 11 is 1.23. The molecular weight excluding hydrogens is 426 g/mol. The summed E-state index contributed by atoms with van der Waals surface area (Å²) in [5, 5.41) is 14.3. The van der Waals surface area contributed by atoms with Gasteiger partial charge in [0.2, 0.25) is 0 Å². The number of carbonyl (C=O) groups is 4. The maximum atomic E-state index is 12.7. The second-order valence-corrected chi connectivity index (χ2v) is 7.78. The first-order valence-corrected chi connectivity index (χ1v) is 10.3. The van der Waals surface area contributed by atoms with Crippen molar-refractivity contribution in [3.63, 3.8) is 0 Å². The molecule has 1 aromatic carbocycles. The quantitative estimate of drug-likeness (QED) is 0.264. The first-order chi connectivity index (χ1) is 14.9. The molecule has 2 aliphatic heterocycles. The van der Waals surface area contributed by atoms with Crippen molar-refractivity contribution in [3.05, 3.63) is 64.2 Å². The molecule has 3 atom stereocenters. The van der Waals surface area contributed by atoms with Gasteiger partial charge in [-0.05, 0) is 12.5 Å². The highest BCUT2D eigenvalue weighted by atomic mass is 32.2. The van der Waals surface area contributed by atoms with E-state index in [0.29, 0.717) is 5.56 Å². The number of benzene rings is 1. The van der Waals surface area contributed by atoms with E-state index in [4.69, 9.17) is 4.74 Å². The highest BCUT2D eigenvalue weighted by Crippen LogP contribution is 2.40. The number of carboxylic acid groups (broad SMARTS) is 1. The van der Waals surface area contributed by atoms with E-state index in [1.54, 1.807) is 37.3 Å². The van der Waals surface area contributed by atoms with E-state index in [1.165, 1.54) is 23.9 Å². The second kappa shape index (κ2) is 9.56. The van der Waals surface area contributed by atoms with Gasteiger partial charge in [-0.15, -0.1) is 16.7 Å². The molecule has 1 aromatic rings. The number of fused-ring (bicyclic) bond motifs is 1. The SMILES string of the molecule is CC=CC(=O)OCC1=C(C(=O)O)N2C(=O)[C@@H](NC(=O)C(N=O)c3ccccc3)[C@@H]2SC1. The average Bonchev–Trinajstić information content (AvgIpc) is 2.76. The fourth-order valence-corrected chi connectivity index (χ4v) is 4.59. The summed E-state index contributed by atoms with van der Waals surface area (Å²) in [6.07, 6.45) is 2.69. The summed E-state index contributed by atoms with van der Waals surface area (Å²) in [7, 11) is 0. The van der Waals surface area contributed by atoms with E-state index in [2.05, 4.69) is 10.5 Å². The van der Waals surface area contributed by atoms with Gasteiger partial charge < -0.3 is 15.2 Å². The second-order valence-electron chi connectivity index (χ2n) is 6.68. The van der Waals surface area contributed by atoms with Crippen LogP contribution in [-0.2, 0) is 23.9 Å². The molecule has 2 heterocycles. The minimum atomic E-state index is -1.34. The van der Waals surface area contributed by atoms with E-state index >= 15 is 0 Å². The largest absolute Gasteiger partial charge is 0.477 e. The first kappa shape index (κ1) is 22.2. The third kappa shape index (κ3) is 4.50. The maximum Gasteiger partial charge on any atom is 0.352 e. The lowest BCUT2D eigenvalue weighted by molar-refractivity contribution is -0.151. The van der Waals surface area contributed by atoms with Gasteiger partial charge in [0.25, 0.3) is 11.8 Å². The fourth-order valence-electron chi connectivity index (χ4n) is 3.26. The number of hydrogen-bond donors (Lipinski definition) is 2. The molecule has 0 saturated carbocycles. The van der Waals surface area contributed by atoms with Gasteiger partial charge in [-0.1, -0.05) is 41.6 Å². The lowest BCUT2D eigenvalue weighted by Gasteiger charge is -2.49. The van der Waals surface area contributed by atoms with Crippen LogP contribution in [0.5, 0.6) is 0 Å². The molecule has 0 aliphatic carbocycles. The molecule has 0 spiro atoms. The van der Waals surface area contributed by atoms with Gasteiger partial charge in [0.1, 0.15) is 23.7 Å². The molecule has 2 N–H and O–H groups in total. The molecule has 3 rings (SSSR count). The van der Waals surface area contributed by atoms with Crippen molar-refractivity contribution in [1.82, 2.24) is 10.2 Å². The number of nitrogens with one attached hydrogen (secondary N) is 1. The van der Waals surface area contributed by atoms with Crippen LogP contribution in [0, 0.1) is 4.91 Å². The smallest absolute Gasteiger partial charge is 0.352 e. The lowest BCUT2D eigenvalue weighted by Crippen LogP contribution is -2.70. The molecule has 0 aromatic heterocycles. The number of nitrogens with zero attached hydrogens (tertiary/aromatic N) is 2. The minimum Gasteiger partial charge on any atom is -0.477 e. The Morgan fingerprint density at radius 2 is 2.06 bits per heavy atom. The van der Waals surface area contributed by atoms with Crippen LogP contribution < -0.4 is 5.32 Å². The zero-order valence-electron chi connectivity index (χ0n) is 16.4. The summed E-state index contributed by atoms with van der Waals surface area (Å²) in [5.41, 5.74) is 0.397. The zero-order valence-corrected chi connectivity index (χ0v) is 17.2. The van der Waals surface area contributed by atoms with Crippen molar-refractivity contribution >= 4 is 35.5 Å². The van der Waals surface area contributed by atoms with Gasteiger partial charge >= 0.3 is 11.9 Å². The van der Waals surface area contributed by atoms with Gasteiger partial charge in [0.05, 0.1) is 0 Å². The van der Waals surface area contributed by atoms with Gasteiger partial charge in [0, 0.05) is 17.4 Å². The number of aliphatic carboxylic acids is 1. The number of rotatable bonds is 8. The van der Waals surface area contributed by atoms with E-state index in [0.717, 1.165) is 4.90 Å². The van der Waals surface area contributed by atoms with E-state index in [-0.39, 0.29) is 23.6 Å². The number of allylic oxidation sites excluding steroid dienone is 1. The molecule has 1 saturated heterocycles. The van der Waals surface area contributed by atoms with Gasteiger partial charge in [-0.3, -0.25) is 14.5 Å². The fraction of sp³-hybridized carbons (Fsp3) is 0.300. The predicted octanol–water partition coefficient (Wildman–Crippen LogP) is 1.35. The number of thioether (sulfide) groups is 1. The van der Waals surface area contributed by atoms with Crippen LogP contribution in [0.25, 0.3) is 0 Å². The number of carboxylic acids is 1. The topological polar surface area (TPSA) is 142 Å². The molecule has 2 amide bonds. The molecule has 1 fully saturated rings. The summed E-state index contributed by atoms with van der Waals surface area (Å²) in [4.78, 5) is 60.8. The van der Waals surface area contributed by atoms with Crippen molar-refractivity contribution in [2.24, 2.45) is 5.18 Å². The van der Waals surface area contributed by atoms with Crippen molar-refractivity contribution in [2.75, 3.05) is 12.4 Å². The Labute approximate surface area is 181 Å². The van der Waals surface area contributed by atoms with Crippen molar-refractivity contribution < 1.29 is 29.0 Å². The summed E-state index contributed by atoms with van der Waals surface area (Å²) in [6, 6.07) is 5.86. The number of nitroso groups, excluding NO2 is 1. The zero-order chi connectivity index (χ0) is 22.5. The average molecular weight is 445 g/mol. The Bertz CT molecular complexity index is 976. The molecule has 0 radical (unpaired) electrons. The molecule has 2 aliphatic rings. The Morgan fingerprint density at radius 3 is 2.68 bits per heavy atom. The van der Waals surface area contributed by atoms with Crippen LogP contribution in [0.2, 0.25) is 0 Å². The molecule has 31 heavy (non-hydrogen) atoms. The molecule has 0 bridgehead atoms. The Morgan fingerprint density at radius 1 is 1.35 bits per heavy atom. The monoisotopic (exact) mass is 445 g/mol. The van der Waals surface area contributed by atoms with Crippen LogP contribution in [-0.4, -0.2) is 57.5 Å². The number of carbonyl (C=O) groups excluding carboxylic acids is 3. The maximum absolute atomic E-state index is 12.7. The van der Waals surface area contributed by atoms with Crippen molar-refractivity contribution in [1.29, 1.82) is 0 Å². The number of hydrogen-bond acceptors (Lipinski definition) is 8. The first-order valence-electron chi connectivity index (χ1n) is 9.26. The highest BCUT2D eigenvalue weighted by molar-refractivity contribution is 8.00. The van der Waals surface area contributed by atoms with Crippen LogP contribution in [0.15, 0.2) is 58.9 Å². The van der Waals surface area contributed by atoms with E-state index < -0.39 is 41.2 Å². The molecule has 10 nitrogen and oxygen atoms in total. The number of ether oxygens (including phenoxy) is 1. The molecule has 162 valence electrons. The predicted molar refractivity (Wildman–Crippen MR) is 110 cm³/mol. The third-order valence-electron chi connectivity index (χ3n) is 4.71. The van der Waals surface area contributed by atoms with Crippen LogP contribution in [0.3, 0.4) is 0 Å². The van der Waals surface area contributed by atoms with Gasteiger partial charge in [-0.25, -0.2) is 9.59 Å². The summed E-state index contributed by atoms with van der Waals surface area (Å²) in [5.74, 6) is -3.14. The minimum absolute atomic E-state index is 0.194. The van der Waals surface area contributed by atoms with Crippen LogP contribution in [0.1, 0.15) is 18.5 Å². The van der Waals surface area contributed by atoms with Crippen LogP contribution >= 0.6 is 11.8 Å². The lowest BCUT2D eigenvalue weighted by atomic mass is 10.0. The molecular formula is C20H19N3O7S. The Hall–Kier alpha value is -3.47. The number of β-lactam (4-membered cyclic amide) rings is 1. The van der Waals surface area contributed by atoms with E-state index in [1.807, 2.05) is 0 Å². The third-order valence-corrected chi connectivity index (χ3v) is 6.05. The normalized spacial score (nSPS) is 21.2. The Balaban J connectivity index is 1.73. The molecule has 11 heteroatoms. The van der Waals surface area contributed by atoms with Crippen molar-refractivity contribution in [2.45, 2.75) is 24.4 Å². The summed E-state index contributed by atoms with van der Waals surface area (Å²) < 4.78 is 5.02. The molecule has 1 unspecified atom stereocenters. The van der Waals surface area contributed by atoms with Gasteiger partial charge in [0.15, 0.2) is 6.04 Å². The standard InChI is InChI=1S/C20H19N3O7S/c1-2-6-13(24)30-9-12-10-31-19-15(18(26)23(19)16(12)20(27)28)21-17(25)14(22-29)11-7-4-3-5-8-11/h2-8,14-15,19H,9-10H2,1H3,(H,21,25)(H,27,28)/t14?,15-,19+/m1/s1. The summed E-state index contributed by atoms with van der Waals surface area (Å²) in [6.45, 7) is 1.37. The Kier molecular flexibility index (Phi) is 6.85. The van der Waals surface area contributed by atoms with Gasteiger partial charge in [-0.2, -0.15) is 0 Å². The van der Waals surface area contributed by atoms with E-state index in [9.17, 15) is 29.2 Å². The number of amides is 2.